The first-order chi connectivity index (χ1) is 21.6. The molecule has 6 aromatic rings. The lowest BCUT2D eigenvalue weighted by Gasteiger charge is -2.16. The summed E-state index contributed by atoms with van der Waals surface area (Å²) in [4.78, 5) is 14.4. The molecular weight excluding hydrogens is 540 g/mol. The smallest absolute Gasteiger partial charge is 0.194 e. The molecule has 0 unspecified atom stereocenters. The van der Waals surface area contributed by atoms with Gasteiger partial charge in [0.05, 0.1) is 0 Å². The Morgan fingerprint density at radius 1 is 0.455 bits per heavy atom. The van der Waals surface area contributed by atoms with Gasteiger partial charge in [-0.25, -0.2) is 0 Å². The van der Waals surface area contributed by atoms with Gasteiger partial charge in [0.15, 0.2) is 5.78 Å². The maximum absolute atomic E-state index is 14.4. The molecule has 0 aliphatic rings. The van der Waals surface area contributed by atoms with Crippen molar-refractivity contribution >= 4 is 5.78 Å². The van der Waals surface area contributed by atoms with Crippen LogP contribution in [0.25, 0.3) is 22.3 Å². The fourth-order valence-corrected chi connectivity index (χ4v) is 5.30. The van der Waals surface area contributed by atoms with E-state index < -0.39 is 0 Å². The molecule has 6 rings (SSSR count). The molecule has 6 aromatic carbocycles. The van der Waals surface area contributed by atoms with Gasteiger partial charge in [0.2, 0.25) is 0 Å². The van der Waals surface area contributed by atoms with Gasteiger partial charge in [0, 0.05) is 11.1 Å². The second-order valence-corrected chi connectivity index (χ2v) is 10.7. The number of carbonyl (C=O) groups is 1. The quantitative estimate of drug-likeness (QED) is 0.153. The molecule has 0 N–H and O–H groups in total. The first-order valence-electron chi connectivity index (χ1n) is 15.1. The van der Waals surface area contributed by atoms with E-state index in [4.69, 9.17) is 9.47 Å². The monoisotopic (exact) mass is 574 g/mol. The van der Waals surface area contributed by atoms with Crippen LogP contribution in [0.4, 0.5) is 0 Å². The van der Waals surface area contributed by atoms with E-state index in [1.165, 1.54) is 11.1 Å². The molecule has 0 radical (unpaired) electrons. The highest BCUT2D eigenvalue weighted by Gasteiger charge is 2.20. The van der Waals surface area contributed by atoms with Gasteiger partial charge in [-0.2, -0.15) is 0 Å². The number of aryl methyl sites for hydroxylation is 2. The van der Waals surface area contributed by atoms with Crippen LogP contribution in [-0.4, -0.2) is 5.78 Å². The lowest BCUT2D eigenvalue weighted by molar-refractivity contribution is 0.104. The number of rotatable bonds is 10. The second-order valence-electron chi connectivity index (χ2n) is 10.7. The van der Waals surface area contributed by atoms with Crippen LogP contribution in [0, 0.1) is 0 Å². The molecule has 3 nitrogen and oxygen atoms in total. The van der Waals surface area contributed by atoms with Crippen molar-refractivity contribution in [2.45, 2.75) is 26.7 Å². The topological polar surface area (TPSA) is 35.5 Å². The van der Waals surface area contributed by atoms with Crippen molar-refractivity contribution in [3.63, 3.8) is 0 Å². The summed E-state index contributed by atoms with van der Waals surface area (Å²) in [6.07, 6.45) is 1.76. The van der Waals surface area contributed by atoms with Crippen molar-refractivity contribution in [3.8, 4) is 45.3 Å². The van der Waals surface area contributed by atoms with E-state index in [1.54, 1.807) is 0 Å². The van der Waals surface area contributed by atoms with E-state index in [-0.39, 0.29) is 5.78 Å². The molecule has 216 valence electrons. The molecule has 0 saturated carbocycles. The summed E-state index contributed by atoms with van der Waals surface area (Å²) >= 11 is 0. The van der Waals surface area contributed by atoms with Gasteiger partial charge < -0.3 is 9.47 Å². The maximum Gasteiger partial charge on any atom is 0.194 e. The lowest BCUT2D eigenvalue weighted by Crippen LogP contribution is -2.07. The minimum Gasteiger partial charge on any atom is -0.457 e. The predicted octanol–water partition coefficient (Wildman–Crippen LogP) is 11.0. The van der Waals surface area contributed by atoms with Crippen LogP contribution >= 0.6 is 0 Å². The van der Waals surface area contributed by atoms with E-state index in [1.807, 2.05) is 121 Å². The third-order valence-corrected chi connectivity index (χ3v) is 7.76. The number of ether oxygens (including phenoxy) is 2. The Hall–Kier alpha value is -5.41. The molecule has 0 aliphatic carbocycles. The van der Waals surface area contributed by atoms with Gasteiger partial charge in [0.25, 0.3) is 0 Å². The van der Waals surface area contributed by atoms with Crippen LogP contribution in [0.3, 0.4) is 0 Å². The molecule has 0 bridgehead atoms. The zero-order chi connectivity index (χ0) is 30.3. The van der Waals surface area contributed by atoms with E-state index in [0.29, 0.717) is 11.1 Å². The van der Waals surface area contributed by atoms with Gasteiger partial charge >= 0.3 is 0 Å². The number of carbonyl (C=O) groups excluding carboxylic acids is 1. The van der Waals surface area contributed by atoms with Gasteiger partial charge in [-0.1, -0.05) is 111 Å². The maximum atomic E-state index is 14.4. The van der Waals surface area contributed by atoms with E-state index in [0.717, 1.165) is 58.1 Å². The minimum absolute atomic E-state index is 0.00506. The molecule has 0 aliphatic heterocycles. The van der Waals surface area contributed by atoms with Gasteiger partial charge in [-0.3, -0.25) is 4.79 Å². The summed E-state index contributed by atoms with van der Waals surface area (Å²) in [6.45, 7) is 4.26. The first-order valence-corrected chi connectivity index (χ1v) is 15.1. The number of para-hydroxylation sites is 2. The average molecular weight is 575 g/mol. The Bertz CT molecular complexity index is 1720. The molecule has 0 saturated heterocycles. The predicted molar refractivity (Wildman–Crippen MR) is 179 cm³/mol. The summed E-state index contributed by atoms with van der Waals surface area (Å²) < 4.78 is 12.0. The molecule has 0 aromatic heterocycles. The Kier molecular flexibility index (Phi) is 8.65. The average Bonchev–Trinajstić information content (AvgIpc) is 3.09. The van der Waals surface area contributed by atoms with Gasteiger partial charge in [0.1, 0.15) is 23.0 Å². The van der Waals surface area contributed by atoms with Gasteiger partial charge in [-0.05, 0) is 94.8 Å². The van der Waals surface area contributed by atoms with Crippen molar-refractivity contribution in [1.29, 1.82) is 0 Å². The zero-order valence-corrected chi connectivity index (χ0v) is 25.0. The zero-order valence-electron chi connectivity index (χ0n) is 25.0. The summed E-state index contributed by atoms with van der Waals surface area (Å²) in [5, 5.41) is 0. The van der Waals surface area contributed by atoms with E-state index in [9.17, 15) is 4.79 Å². The van der Waals surface area contributed by atoms with Crippen molar-refractivity contribution < 1.29 is 14.3 Å². The summed E-state index contributed by atoms with van der Waals surface area (Å²) in [7, 11) is 0. The Balaban J connectivity index is 1.35. The molecule has 3 heteroatoms. The summed E-state index contributed by atoms with van der Waals surface area (Å²) in [5.74, 6) is 3.06. The molecule has 0 fully saturated rings. The van der Waals surface area contributed by atoms with Crippen LogP contribution in [0.5, 0.6) is 23.0 Å². The van der Waals surface area contributed by atoms with Crippen molar-refractivity contribution in [2.24, 2.45) is 0 Å². The fraction of sp³-hybridized carbons (Fsp3) is 0.0976. The molecule has 0 heterocycles. The number of benzene rings is 6. The highest BCUT2D eigenvalue weighted by atomic mass is 16.5. The molecule has 0 spiro atoms. The van der Waals surface area contributed by atoms with Crippen LogP contribution in [-0.2, 0) is 12.8 Å². The lowest BCUT2D eigenvalue weighted by atomic mass is 9.88. The normalized spacial score (nSPS) is 10.8. The van der Waals surface area contributed by atoms with Crippen LogP contribution < -0.4 is 9.47 Å². The SMILES string of the molecule is CCc1ccc(C(=O)c2ccc(CC)cc2-c2ccc(Oc3ccccc3)cc2)c(-c2ccc(Oc3ccccc3)cc2)c1. The first kappa shape index (κ1) is 28.7. The summed E-state index contributed by atoms with van der Waals surface area (Å²) in [5.41, 5.74) is 7.47. The van der Waals surface area contributed by atoms with Crippen LogP contribution in [0.2, 0.25) is 0 Å². The van der Waals surface area contributed by atoms with Gasteiger partial charge in [-0.15, -0.1) is 0 Å². The summed E-state index contributed by atoms with van der Waals surface area (Å²) in [6, 6.07) is 47.7. The standard InChI is InChI=1S/C41H34O3/c1-3-29-15-25-37(39(27-29)31-17-21-35(22-18-31)43-33-11-7-5-8-12-33)41(42)38-26-16-30(4-2)28-40(38)32-19-23-36(24-20-32)44-34-13-9-6-10-14-34/h5-28H,3-4H2,1-2H3. The number of hydrogen-bond acceptors (Lipinski definition) is 3. The Morgan fingerprint density at radius 3 is 1.18 bits per heavy atom. The highest BCUT2D eigenvalue weighted by Crippen LogP contribution is 2.34. The molecule has 0 atom stereocenters. The molecule has 0 amide bonds. The Labute approximate surface area is 259 Å². The van der Waals surface area contributed by atoms with Crippen molar-refractivity contribution in [3.05, 3.63) is 168 Å². The van der Waals surface area contributed by atoms with E-state index in [2.05, 4.69) is 38.1 Å². The van der Waals surface area contributed by atoms with Crippen LogP contribution in [0.1, 0.15) is 40.9 Å². The third kappa shape index (κ3) is 6.48. The molecular formula is C41H34O3. The molecule has 44 heavy (non-hydrogen) atoms. The third-order valence-electron chi connectivity index (χ3n) is 7.76. The Morgan fingerprint density at radius 2 is 0.818 bits per heavy atom. The van der Waals surface area contributed by atoms with Crippen molar-refractivity contribution in [1.82, 2.24) is 0 Å². The number of hydrogen-bond donors (Lipinski definition) is 0. The second kappa shape index (κ2) is 13.3. The minimum atomic E-state index is -0.00506. The fourth-order valence-electron chi connectivity index (χ4n) is 5.30. The van der Waals surface area contributed by atoms with Crippen LogP contribution in [0.15, 0.2) is 146 Å². The largest absolute Gasteiger partial charge is 0.457 e. The number of ketones is 1. The van der Waals surface area contributed by atoms with E-state index >= 15 is 0 Å². The highest BCUT2D eigenvalue weighted by molar-refractivity contribution is 6.16. The van der Waals surface area contributed by atoms with Crippen molar-refractivity contribution in [2.75, 3.05) is 0 Å².